The summed E-state index contributed by atoms with van der Waals surface area (Å²) in [7, 11) is 0. The number of hydrogen-bond acceptors (Lipinski definition) is 5. The van der Waals surface area contributed by atoms with Crippen LogP contribution in [0.4, 0.5) is 0 Å². The minimum atomic E-state index is -0.482. The fraction of sp³-hybridized carbons (Fsp3) is 0.947. The van der Waals surface area contributed by atoms with Crippen molar-refractivity contribution in [3.8, 4) is 0 Å². The van der Waals surface area contributed by atoms with E-state index >= 15 is 0 Å². The van der Waals surface area contributed by atoms with Crippen LogP contribution in [-0.4, -0.2) is 48.7 Å². The molecule has 2 saturated heterocycles. The van der Waals surface area contributed by atoms with E-state index in [0.717, 1.165) is 38.5 Å². The first-order valence-corrected chi connectivity index (χ1v) is 9.52. The Bertz CT molecular complexity index is 508. The Labute approximate surface area is 144 Å². The Hall–Kier alpha value is -0.650. The zero-order chi connectivity index (χ0) is 16.9. The van der Waals surface area contributed by atoms with Crippen LogP contribution in [0.1, 0.15) is 59.3 Å². The predicted octanol–water partition coefficient (Wildman–Crippen LogP) is 2.85. The average molecular weight is 338 g/mol. The van der Waals surface area contributed by atoms with Gasteiger partial charge in [0.15, 0.2) is 6.10 Å². The van der Waals surface area contributed by atoms with Crippen molar-refractivity contribution in [2.45, 2.75) is 88.8 Å². The van der Waals surface area contributed by atoms with Crippen molar-refractivity contribution in [1.29, 1.82) is 0 Å². The number of epoxide rings is 2. The lowest BCUT2D eigenvalue weighted by atomic mass is 9.83. The molecule has 0 amide bonds. The Balaban J connectivity index is 1.13. The van der Waals surface area contributed by atoms with Crippen LogP contribution in [0.5, 0.6) is 0 Å². The number of hydrogen-bond donors (Lipinski definition) is 0. The monoisotopic (exact) mass is 338 g/mol. The third kappa shape index (κ3) is 3.35. The summed E-state index contributed by atoms with van der Waals surface area (Å²) in [5.41, 5.74) is 0.265. The summed E-state index contributed by atoms with van der Waals surface area (Å²) < 4.78 is 22.7. The quantitative estimate of drug-likeness (QED) is 0.550. The highest BCUT2D eigenvalue weighted by molar-refractivity contribution is 5.74. The van der Waals surface area contributed by atoms with Gasteiger partial charge in [-0.25, -0.2) is 4.79 Å². The predicted molar refractivity (Wildman–Crippen MR) is 87.6 cm³/mol. The van der Waals surface area contributed by atoms with Crippen molar-refractivity contribution in [1.82, 2.24) is 0 Å². The van der Waals surface area contributed by atoms with Gasteiger partial charge in [-0.2, -0.15) is 0 Å². The highest BCUT2D eigenvalue weighted by Gasteiger charge is 2.56. The number of esters is 1. The minimum Gasteiger partial charge on any atom is -0.463 e. The van der Waals surface area contributed by atoms with E-state index in [0.29, 0.717) is 37.3 Å². The summed E-state index contributed by atoms with van der Waals surface area (Å²) in [6.07, 6.45) is 6.76. The molecule has 2 saturated carbocycles. The second-order valence-corrected chi connectivity index (χ2v) is 8.72. The second-order valence-electron chi connectivity index (χ2n) is 8.72. The molecule has 7 atom stereocenters. The topological polar surface area (TPSA) is 60.6 Å². The molecule has 24 heavy (non-hydrogen) atoms. The van der Waals surface area contributed by atoms with Crippen LogP contribution >= 0.6 is 0 Å². The van der Waals surface area contributed by atoms with Gasteiger partial charge in [-0.05, 0) is 71.1 Å². The molecule has 4 rings (SSSR count). The molecule has 0 radical (unpaired) electrons. The molecular weight excluding hydrogens is 308 g/mol. The lowest BCUT2D eigenvalue weighted by molar-refractivity contribution is -0.158. The molecule has 0 aromatic heterocycles. The molecule has 0 aromatic carbocycles. The lowest BCUT2D eigenvalue weighted by Crippen LogP contribution is -2.31. The fourth-order valence-corrected chi connectivity index (χ4v) is 4.41. The molecule has 0 bridgehead atoms. The van der Waals surface area contributed by atoms with Gasteiger partial charge in [0.2, 0.25) is 0 Å². The molecule has 0 N–H and O–H groups in total. The van der Waals surface area contributed by atoms with Crippen LogP contribution in [0.15, 0.2) is 0 Å². The van der Waals surface area contributed by atoms with Gasteiger partial charge in [0, 0.05) is 0 Å². The van der Waals surface area contributed by atoms with Gasteiger partial charge in [0.05, 0.1) is 36.6 Å². The van der Waals surface area contributed by atoms with Crippen LogP contribution in [0.2, 0.25) is 0 Å². The third-order valence-corrected chi connectivity index (χ3v) is 6.64. The molecule has 2 heterocycles. The van der Waals surface area contributed by atoms with Crippen molar-refractivity contribution in [2.24, 2.45) is 11.8 Å². The number of carbonyl (C=O) groups excluding carboxylic acids is 1. The van der Waals surface area contributed by atoms with Gasteiger partial charge in [-0.15, -0.1) is 0 Å². The summed E-state index contributed by atoms with van der Waals surface area (Å²) in [5, 5.41) is 0. The molecule has 0 aromatic rings. The number of ether oxygens (including phenoxy) is 4. The van der Waals surface area contributed by atoms with Crippen LogP contribution in [0, 0.1) is 11.8 Å². The number of rotatable bonds is 6. The van der Waals surface area contributed by atoms with Crippen molar-refractivity contribution in [3.63, 3.8) is 0 Å². The van der Waals surface area contributed by atoms with Crippen molar-refractivity contribution < 1.29 is 23.7 Å². The number of carbonyl (C=O) groups is 1. The maximum atomic E-state index is 12.1. The minimum absolute atomic E-state index is 0.123. The van der Waals surface area contributed by atoms with E-state index in [4.69, 9.17) is 18.9 Å². The second kappa shape index (κ2) is 5.96. The Morgan fingerprint density at radius 2 is 1.58 bits per heavy atom. The van der Waals surface area contributed by atoms with Gasteiger partial charge in [-0.3, -0.25) is 0 Å². The fourth-order valence-electron chi connectivity index (χ4n) is 4.41. The summed E-state index contributed by atoms with van der Waals surface area (Å²) in [6.45, 7) is 7.29. The molecule has 0 spiro atoms. The Morgan fingerprint density at radius 1 is 1.04 bits per heavy atom. The van der Waals surface area contributed by atoms with Crippen molar-refractivity contribution in [3.05, 3.63) is 0 Å². The highest BCUT2D eigenvalue weighted by atomic mass is 16.6. The normalized spacial score (nSPS) is 47.3. The maximum Gasteiger partial charge on any atom is 0.334 e. The Kier molecular flexibility index (Phi) is 4.17. The van der Waals surface area contributed by atoms with E-state index in [1.54, 1.807) is 6.92 Å². The van der Waals surface area contributed by atoms with Gasteiger partial charge < -0.3 is 18.9 Å². The molecule has 2 aliphatic heterocycles. The molecule has 5 nitrogen and oxygen atoms in total. The van der Waals surface area contributed by atoms with Crippen molar-refractivity contribution >= 4 is 5.97 Å². The van der Waals surface area contributed by atoms with Crippen LogP contribution < -0.4 is 0 Å². The van der Waals surface area contributed by atoms with Crippen molar-refractivity contribution in [2.75, 3.05) is 13.2 Å². The largest absolute Gasteiger partial charge is 0.463 e. The summed E-state index contributed by atoms with van der Waals surface area (Å²) in [4.78, 5) is 12.1. The van der Waals surface area contributed by atoms with E-state index in [1.807, 2.05) is 0 Å². The van der Waals surface area contributed by atoms with E-state index in [1.165, 1.54) is 0 Å². The van der Waals surface area contributed by atoms with E-state index in [-0.39, 0.29) is 17.2 Å². The number of fused-ring (bicyclic) bond motifs is 2. The molecule has 5 heteroatoms. The van der Waals surface area contributed by atoms with Gasteiger partial charge in [-0.1, -0.05) is 0 Å². The van der Waals surface area contributed by atoms with E-state index in [2.05, 4.69) is 13.8 Å². The third-order valence-electron chi connectivity index (χ3n) is 6.64. The van der Waals surface area contributed by atoms with E-state index < -0.39 is 6.10 Å². The van der Waals surface area contributed by atoms with Crippen LogP contribution in [-0.2, 0) is 23.7 Å². The first-order valence-electron chi connectivity index (χ1n) is 9.52. The standard InChI is InChI=1S/C19H30O5/c1-12(21-10-13-4-6-18(2)15(8-13)23-18)17(20)22-11-14-5-7-19(3)16(9-14)24-19/h12-16H,4-11H2,1-3H3. The van der Waals surface area contributed by atoms with Gasteiger partial charge in [0.1, 0.15) is 0 Å². The average Bonchev–Trinajstić information content (AvgIpc) is 3.42. The van der Waals surface area contributed by atoms with Crippen LogP contribution in [0.25, 0.3) is 0 Å². The summed E-state index contributed by atoms with van der Waals surface area (Å²) in [5.74, 6) is 0.706. The van der Waals surface area contributed by atoms with Crippen LogP contribution in [0.3, 0.4) is 0 Å². The smallest absolute Gasteiger partial charge is 0.334 e. The first-order chi connectivity index (χ1) is 11.4. The zero-order valence-corrected chi connectivity index (χ0v) is 15.1. The molecule has 4 aliphatic rings. The summed E-state index contributed by atoms with van der Waals surface area (Å²) in [6, 6.07) is 0. The SMILES string of the molecule is CC(OCC1CCC2(C)OC2C1)C(=O)OCC1CCC2(C)OC2C1. The zero-order valence-electron chi connectivity index (χ0n) is 15.1. The molecular formula is C19H30O5. The van der Waals surface area contributed by atoms with Gasteiger partial charge >= 0.3 is 5.97 Å². The highest BCUT2D eigenvalue weighted by Crippen LogP contribution is 2.50. The van der Waals surface area contributed by atoms with E-state index in [9.17, 15) is 4.79 Å². The van der Waals surface area contributed by atoms with Gasteiger partial charge in [0.25, 0.3) is 0 Å². The molecule has 4 fully saturated rings. The Morgan fingerprint density at radius 3 is 2.12 bits per heavy atom. The molecule has 2 aliphatic carbocycles. The maximum absolute atomic E-state index is 12.1. The first kappa shape index (κ1) is 16.8. The summed E-state index contributed by atoms with van der Waals surface area (Å²) >= 11 is 0. The molecule has 136 valence electrons. The lowest BCUT2D eigenvalue weighted by Gasteiger charge is -2.24. The molecule has 7 unspecified atom stereocenters.